The molecule has 0 saturated heterocycles. The van der Waals surface area contributed by atoms with Gasteiger partial charge in [0.25, 0.3) is 0 Å². The highest BCUT2D eigenvalue weighted by atomic mass is 35.5. The van der Waals surface area contributed by atoms with Crippen LogP contribution in [-0.2, 0) is 0 Å². The molecule has 0 radical (unpaired) electrons. The lowest BCUT2D eigenvalue weighted by atomic mass is 9.78. The zero-order valence-electron chi connectivity index (χ0n) is 11.3. The van der Waals surface area contributed by atoms with E-state index in [0.717, 1.165) is 16.6 Å². The number of aromatic nitrogens is 2. The summed E-state index contributed by atoms with van der Waals surface area (Å²) in [6.07, 6.45) is 3.68. The molecule has 19 heavy (non-hydrogen) atoms. The highest BCUT2D eigenvalue weighted by Crippen LogP contribution is 2.51. The fraction of sp³-hybridized carbons (Fsp3) is 0.533. The lowest BCUT2D eigenvalue weighted by molar-refractivity contribution is 0.252. The highest BCUT2D eigenvalue weighted by molar-refractivity contribution is 6.21. The number of aromatic amines is 2. The lowest BCUT2D eigenvalue weighted by Gasteiger charge is -2.31. The molecule has 1 aromatic carbocycles. The Balaban J connectivity index is 1.97. The number of halogens is 1. The number of fused-ring (bicyclic) bond motifs is 1. The van der Waals surface area contributed by atoms with Crippen molar-refractivity contribution in [3.8, 4) is 0 Å². The molecule has 2 unspecified atom stereocenters. The molecule has 2 atom stereocenters. The minimum absolute atomic E-state index is 0.0142. The normalized spacial score (nSPS) is 23.8. The van der Waals surface area contributed by atoms with Crippen LogP contribution >= 0.6 is 11.6 Å². The molecule has 1 aliphatic rings. The number of nitrogens with one attached hydrogen (secondary N) is 2. The monoisotopic (exact) mass is 278 g/mol. The Morgan fingerprint density at radius 3 is 2.74 bits per heavy atom. The fourth-order valence-corrected chi connectivity index (χ4v) is 3.95. The molecule has 0 aliphatic heterocycles. The van der Waals surface area contributed by atoms with E-state index in [2.05, 4.69) is 23.8 Å². The van der Waals surface area contributed by atoms with Gasteiger partial charge in [0.05, 0.1) is 16.4 Å². The Labute approximate surface area is 117 Å². The van der Waals surface area contributed by atoms with Crippen molar-refractivity contribution >= 4 is 22.6 Å². The minimum Gasteiger partial charge on any atom is -0.306 e. The molecular weight excluding hydrogens is 260 g/mol. The molecular formula is C15H19ClN2O. The summed E-state index contributed by atoms with van der Waals surface area (Å²) in [5.41, 5.74) is 2.91. The molecule has 3 rings (SSSR count). The molecule has 0 spiro atoms. The third-order valence-corrected chi connectivity index (χ3v) is 5.11. The van der Waals surface area contributed by atoms with Crippen molar-refractivity contribution in [2.45, 2.75) is 38.5 Å². The van der Waals surface area contributed by atoms with Crippen molar-refractivity contribution in [3.05, 3.63) is 34.2 Å². The number of hydrogen-bond acceptors (Lipinski definition) is 1. The molecule has 102 valence electrons. The third-order valence-electron chi connectivity index (χ3n) is 4.55. The summed E-state index contributed by atoms with van der Waals surface area (Å²) >= 11 is 6.70. The summed E-state index contributed by atoms with van der Waals surface area (Å²) in [5, 5.41) is 0.0142. The van der Waals surface area contributed by atoms with Crippen LogP contribution in [0.1, 0.15) is 44.1 Å². The molecule has 1 aliphatic carbocycles. The summed E-state index contributed by atoms with van der Waals surface area (Å²) < 4.78 is 0. The van der Waals surface area contributed by atoms with Crippen LogP contribution in [-0.4, -0.2) is 9.97 Å². The maximum Gasteiger partial charge on any atom is 0.323 e. The summed E-state index contributed by atoms with van der Waals surface area (Å²) in [6, 6.07) is 5.96. The first-order valence-electron chi connectivity index (χ1n) is 6.83. The van der Waals surface area contributed by atoms with E-state index in [9.17, 15) is 4.79 Å². The van der Waals surface area contributed by atoms with E-state index in [1.54, 1.807) is 0 Å². The maximum absolute atomic E-state index is 11.3. The van der Waals surface area contributed by atoms with Gasteiger partial charge in [0, 0.05) is 0 Å². The van der Waals surface area contributed by atoms with Gasteiger partial charge in [-0.25, -0.2) is 4.79 Å². The minimum atomic E-state index is -0.167. The van der Waals surface area contributed by atoms with Crippen molar-refractivity contribution in [1.82, 2.24) is 9.97 Å². The predicted octanol–water partition coefficient (Wildman–Crippen LogP) is 3.96. The smallest absolute Gasteiger partial charge is 0.306 e. The van der Waals surface area contributed by atoms with Gasteiger partial charge in [0.15, 0.2) is 0 Å². The van der Waals surface area contributed by atoms with Crippen molar-refractivity contribution in [2.75, 3.05) is 0 Å². The summed E-state index contributed by atoms with van der Waals surface area (Å²) in [7, 11) is 0. The van der Waals surface area contributed by atoms with Gasteiger partial charge in [-0.3, -0.25) is 0 Å². The highest BCUT2D eigenvalue weighted by Gasteiger charge is 2.39. The molecule has 1 aromatic heterocycles. The van der Waals surface area contributed by atoms with Crippen LogP contribution in [0.25, 0.3) is 11.0 Å². The van der Waals surface area contributed by atoms with E-state index in [1.807, 2.05) is 18.2 Å². The number of H-pyrrole nitrogens is 2. The van der Waals surface area contributed by atoms with Gasteiger partial charge in [-0.05, 0) is 41.9 Å². The van der Waals surface area contributed by atoms with Crippen LogP contribution in [0.4, 0.5) is 0 Å². The van der Waals surface area contributed by atoms with Crippen LogP contribution in [0.2, 0.25) is 0 Å². The lowest BCUT2D eigenvalue weighted by Crippen LogP contribution is -2.21. The molecule has 1 saturated carbocycles. The predicted molar refractivity (Wildman–Crippen MR) is 78.6 cm³/mol. The first-order valence-corrected chi connectivity index (χ1v) is 7.27. The number of rotatable bonds is 2. The SMILES string of the molecule is CC1(C)CCCC1C(Cl)c1ccc2[nH]c(=O)[nH]c2c1. The largest absolute Gasteiger partial charge is 0.323 e. The second-order valence-electron chi connectivity index (χ2n) is 6.27. The summed E-state index contributed by atoms with van der Waals surface area (Å²) in [4.78, 5) is 16.8. The molecule has 1 fully saturated rings. The molecule has 0 bridgehead atoms. The van der Waals surface area contributed by atoms with E-state index in [1.165, 1.54) is 19.3 Å². The Hall–Kier alpha value is -1.22. The van der Waals surface area contributed by atoms with Gasteiger partial charge in [-0.15, -0.1) is 11.6 Å². The summed E-state index contributed by atoms with van der Waals surface area (Å²) in [6.45, 7) is 4.60. The maximum atomic E-state index is 11.3. The molecule has 2 N–H and O–H groups in total. The van der Waals surface area contributed by atoms with Crippen LogP contribution in [0.3, 0.4) is 0 Å². The van der Waals surface area contributed by atoms with Crippen molar-refractivity contribution in [3.63, 3.8) is 0 Å². The zero-order valence-corrected chi connectivity index (χ0v) is 12.1. The quantitative estimate of drug-likeness (QED) is 0.803. The standard InChI is InChI=1S/C15H19ClN2O/c1-15(2)7-3-4-10(15)13(16)9-5-6-11-12(8-9)18-14(19)17-11/h5-6,8,10,13H,3-4,7H2,1-2H3,(H2,17,18,19). The van der Waals surface area contributed by atoms with Crippen molar-refractivity contribution in [2.24, 2.45) is 11.3 Å². The van der Waals surface area contributed by atoms with E-state index in [4.69, 9.17) is 11.6 Å². The van der Waals surface area contributed by atoms with Gasteiger partial charge in [0.1, 0.15) is 0 Å². The van der Waals surface area contributed by atoms with E-state index in [0.29, 0.717) is 11.3 Å². The Morgan fingerprint density at radius 2 is 2.05 bits per heavy atom. The molecule has 0 amide bonds. The first kappa shape index (κ1) is 12.8. The van der Waals surface area contributed by atoms with E-state index >= 15 is 0 Å². The van der Waals surface area contributed by atoms with E-state index in [-0.39, 0.29) is 11.1 Å². The van der Waals surface area contributed by atoms with Crippen LogP contribution < -0.4 is 5.69 Å². The average Bonchev–Trinajstić information content (AvgIpc) is 2.88. The number of imidazole rings is 1. The van der Waals surface area contributed by atoms with Gasteiger partial charge < -0.3 is 9.97 Å². The number of hydrogen-bond donors (Lipinski definition) is 2. The molecule has 4 heteroatoms. The average molecular weight is 279 g/mol. The number of alkyl halides is 1. The van der Waals surface area contributed by atoms with Crippen molar-refractivity contribution < 1.29 is 0 Å². The van der Waals surface area contributed by atoms with Crippen LogP contribution in [0.15, 0.2) is 23.0 Å². The fourth-order valence-electron chi connectivity index (χ4n) is 3.35. The number of benzene rings is 1. The Bertz CT molecular complexity index is 655. The second kappa shape index (κ2) is 4.41. The zero-order chi connectivity index (χ0) is 13.6. The van der Waals surface area contributed by atoms with Gasteiger partial charge in [0.2, 0.25) is 0 Å². The van der Waals surface area contributed by atoms with Gasteiger partial charge >= 0.3 is 5.69 Å². The second-order valence-corrected chi connectivity index (χ2v) is 6.74. The third kappa shape index (κ3) is 2.20. The molecule has 2 aromatic rings. The van der Waals surface area contributed by atoms with E-state index < -0.39 is 0 Å². The van der Waals surface area contributed by atoms with Crippen LogP contribution in [0, 0.1) is 11.3 Å². The summed E-state index contributed by atoms with van der Waals surface area (Å²) in [5.74, 6) is 0.497. The molecule has 3 nitrogen and oxygen atoms in total. The topological polar surface area (TPSA) is 48.6 Å². The van der Waals surface area contributed by atoms with Crippen LogP contribution in [0.5, 0.6) is 0 Å². The first-order chi connectivity index (χ1) is 8.97. The Kier molecular flexibility index (Phi) is 2.97. The Morgan fingerprint density at radius 1 is 1.32 bits per heavy atom. The molecule has 1 heterocycles. The van der Waals surface area contributed by atoms with Crippen molar-refractivity contribution in [1.29, 1.82) is 0 Å². The van der Waals surface area contributed by atoms with Gasteiger partial charge in [-0.1, -0.05) is 26.3 Å². The van der Waals surface area contributed by atoms with Gasteiger partial charge in [-0.2, -0.15) is 0 Å².